The number of thioether (sulfide) groups is 1. The Morgan fingerprint density at radius 2 is 1.90 bits per heavy atom. The molecule has 3 nitrogen and oxygen atoms in total. The van der Waals surface area contributed by atoms with Crippen LogP contribution in [0.3, 0.4) is 0 Å². The van der Waals surface area contributed by atoms with Crippen molar-refractivity contribution in [2.24, 2.45) is 0 Å². The average molecular weight is 317 g/mol. The predicted octanol–water partition coefficient (Wildman–Crippen LogP) is 4.33. The Kier molecular flexibility index (Phi) is 5.26. The lowest BCUT2D eigenvalue weighted by Crippen LogP contribution is -2.22. The molecule has 0 radical (unpaired) electrons. The summed E-state index contributed by atoms with van der Waals surface area (Å²) in [5, 5.41) is 11.9. The number of carbonyl (C=O) groups excluding carboxylic acids is 1. The van der Waals surface area contributed by atoms with Crippen molar-refractivity contribution >= 4 is 35.0 Å². The van der Waals surface area contributed by atoms with Gasteiger partial charge in [0.1, 0.15) is 0 Å². The quantitative estimate of drug-likeness (QED) is 0.854. The molecule has 2 rings (SSSR count). The minimum Gasteiger partial charge on any atom is -0.325 e. The van der Waals surface area contributed by atoms with Crippen molar-refractivity contribution < 1.29 is 4.79 Å². The van der Waals surface area contributed by atoms with Gasteiger partial charge in [-0.2, -0.15) is 5.26 Å². The van der Waals surface area contributed by atoms with E-state index in [1.807, 2.05) is 31.2 Å². The maximum atomic E-state index is 12.1. The molecule has 2 aromatic carbocycles. The van der Waals surface area contributed by atoms with Gasteiger partial charge in [-0.25, -0.2) is 0 Å². The van der Waals surface area contributed by atoms with Crippen molar-refractivity contribution in [3.05, 3.63) is 59.1 Å². The van der Waals surface area contributed by atoms with Crippen LogP contribution in [0.1, 0.15) is 12.5 Å². The van der Waals surface area contributed by atoms with Crippen molar-refractivity contribution in [3.63, 3.8) is 0 Å². The van der Waals surface area contributed by atoms with Gasteiger partial charge >= 0.3 is 0 Å². The van der Waals surface area contributed by atoms with Crippen LogP contribution < -0.4 is 5.32 Å². The third-order valence-electron chi connectivity index (χ3n) is 2.79. The number of benzene rings is 2. The molecule has 0 aliphatic carbocycles. The van der Waals surface area contributed by atoms with Gasteiger partial charge in [-0.1, -0.05) is 23.7 Å². The number of halogens is 1. The standard InChI is InChI=1S/C16H13ClN2OS/c1-11(21-15-5-3-2-4-14(15)17)16(20)19-13-8-6-12(10-18)7-9-13/h2-9,11H,1H3,(H,19,20). The molecular weight excluding hydrogens is 304 g/mol. The van der Waals surface area contributed by atoms with Crippen LogP contribution in [0.4, 0.5) is 5.69 Å². The van der Waals surface area contributed by atoms with Gasteiger partial charge in [0.25, 0.3) is 0 Å². The summed E-state index contributed by atoms with van der Waals surface area (Å²) >= 11 is 7.49. The molecule has 106 valence electrons. The molecule has 5 heteroatoms. The summed E-state index contributed by atoms with van der Waals surface area (Å²) in [5.74, 6) is -0.107. The Bertz CT molecular complexity index is 679. The molecule has 0 aliphatic heterocycles. The fourth-order valence-electron chi connectivity index (χ4n) is 1.66. The SMILES string of the molecule is CC(Sc1ccccc1Cl)C(=O)Nc1ccc(C#N)cc1. The predicted molar refractivity (Wildman–Crippen MR) is 86.6 cm³/mol. The number of hydrogen-bond acceptors (Lipinski definition) is 3. The number of nitrogens with zero attached hydrogens (tertiary/aromatic N) is 1. The van der Waals surface area contributed by atoms with Gasteiger partial charge in [0.05, 0.1) is 21.9 Å². The molecular formula is C16H13ClN2OS. The molecule has 1 atom stereocenters. The molecule has 0 spiro atoms. The lowest BCUT2D eigenvalue weighted by Gasteiger charge is -2.12. The first-order valence-corrected chi connectivity index (χ1v) is 7.58. The molecule has 0 aromatic heterocycles. The minimum atomic E-state index is -0.277. The van der Waals surface area contributed by atoms with Crippen LogP contribution in [0.2, 0.25) is 5.02 Å². The zero-order chi connectivity index (χ0) is 15.2. The van der Waals surface area contributed by atoms with E-state index in [1.54, 1.807) is 30.3 Å². The first-order valence-electron chi connectivity index (χ1n) is 6.32. The van der Waals surface area contributed by atoms with E-state index in [-0.39, 0.29) is 11.2 Å². The zero-order valence-corrected chi connectivity index (χ0v) is 12.9. The van der Waals surface area contributed by atoms with Crippen molar-refractivity contribution in [2.75, 3.05) is 5.32 Å². The monoisotopic (exact) mass is 316 g/mol. The van der Waals surface area contributed by atoms with E-state index < -0.39 is 0 Å². The smallest absolute Gasteiger partial charge is 0.237 e. The van der Waals surface area contributed by atoms with E-state index >= 15 is 0 Å². The average Bonchev–Trinajstić information content (AvgIpc) is 2.50. The summed E-state index contributed by atoms with van der Waals surface area (Å²) in [6, 6.07) is 16.2. The number of nitrogens with one attached hydrogen (secondary N) is 1. The van der Waals surface area contributed by atoms with E-state index in [1.165, 1.54) is 11.8 Å². The van der Waals surface area contributed by atoms with Gasteiger partial charge in [0.2, 0.25) is 5.91 Å². The summed E-state index contributed by atoms with van der Waals surface area (Å²) in [6.07, 6.45) is 0. The van der Waals surface area contributed by atoms with E-state index in [4.69, 9.17) is 16.9 Å². The summed E-state index contributed by atoms with van der Waals surface area (Å²) in [7, 11) is 0. The molecule has 0 bridgehead atoms. The summed E-state index contributed by atoms with van der Waals surface area (Å²) in [5.41, 5.74) is 1.23. The minimum absolute atomic E-state index is 0.107. The Balaban J connectivity index is 1.99. The van der Waals surface area contributed by atoms with Gasteiger partial charge in [-0.05, 0) is 43.3 Å². The maximum Gasteiger partial charge on any atom is 0.237 e. The molecule has 1 N–H and O–H groups in total. The number of anilines is 1. The molecule has 2 aromatic rings. The van der Waals surface area contributed by atoms with E-state index in [0.717, 1.165) is 4.90 Å². The van der Waals surface area contributed by atoms with Crippen LogP contribution in [-0.4, -0.2) is 11.2 Å². The highest BCUT2D eigenvalue weighted by atomic mass is 35.5. The molecule has 1 amide bonds. The third-order valence-corrected chi connectivity index (χ3v) is 4.41. The van der Waals surface area contributed by atoms with Crippen molar-refractivity contribution in [3.8, 4) is 6.07 Å². The van der Waals surface area contributed by atoms with Crippen LogP contribution in [0.5, 0.6) is 0 Å². The van der Waals surface area contributed by atoms with Gasteiger partial charge in [-0.15, -0.1) is 11.8 Å². The number of amides is 1. The van der Waals surface area contributed by atoms with E-state index in [2.05, 4.69) is 5.32 Å². The molecule has 0 aliphatic rings. The molecule has 0 saturated heterocycles. The Morgan fingerprint density at radius 1 is 1.24 bits per heavy atom. The number of rotatable bonds is 4. The Morgan fingerprint density at radius 3 is 2.52 bits per heavy atom. The number of nitriles is 1. The topological polar surface area (TPSA) is 52.9 Å². The van der Waals surface area contributed by atoms with Crippen LogP contribution in [0.15, 0.2) is 53.4 Å². The summed E-state index contributed by atoms with van der Waals surface area (Å²) in [4.78, 5) is 13.0. The van der Waals surface area contributed by atoms with Crippen molar-refractivity contribution in [1.29, 1.82) is 5.26 Å². The fraction of sp³-hybridized carbons (Fsp3) is 0.125. The van der Waals surface area contributed by atoms with Gasteiger partial charge in [-0.3, -0.25) is 4.79 Å². The fourth-order valence-corrected chi connectivity index (χ4v) is 2.81. The van der Waals surface area contributed by atoms with Crippen molar-refractivity contribution in [2.45, 2.75) is 17.1 Å². The number of carbonyl (C=O) groups is 1. The van der Waals surface area contributed by atoms with Gasteiger partial charge in [0.15, 0.2) is 0 Å². The molecule has 0 heterocycles. The van der Waals surface area contributed by atoms with Gasteiger partial charge in [0, 0.05) is 10.6 Å². The highest BCUT2D eigenvalue weighted by Gasteiger charge is 2.15. The molecule has 0 saturated carbocycles. The van der Waals surface area contributed by atoms with Crippen LogP contribution in [-0.2, 0) is 4.79 Å². The van der Waals surface area contributed by atoms with Gasteiger partial charge < -0.3 is 5.32 Å². The summed E-state index contributed by atoms with van der Waals surface area (Å²) < 4.78 is 0. The third kappa shape index (κ3) is 4.25. The van der Waals surface area contributed by atoms with Crippen LogP contribution in [0.25, 0.3) is 0 Å². The highest BCUT2D eigenvalue weighted by molar-refractivity contribution is 8.00. The van der Waals surface area contributed by atoms with E-state index in [0.29, 0.717) is 16.3 Å². The Hall–Kier alpha value is -1.96. The van der Waals surface area contributed by atoms with Crippen LogP contribution in [0, 0.1) is 11.3 Å². The highest BCUT2D eigenvalue weighted by Crippen LogP contribution is 2.30. The first-order chi connectivity index (χ1) is 10.1. The normalized spacial score (nSPS) is 11.5. The van der Waals surface area contributed by atoms with E-state index in [9.17, 15) is 4.79 Å². The second-order valence-electron chi connectivity index (χ2n) is 4.37. The molecule has 0 fully saturated rings. The largest absolute Gasteiger partial charge is 0.325 e. The second kappa shape index (κ2) is 7.16. The second-order valence-corrected chi connectivity index (χ2v) is 6.16. The molecule has 21 heavy (non-hydrogen) atoms. The molecule has 1 unspecified atom stereocenters. The Labute approximate surface area is 132 Å². The summed E-state index contributed by atoms with van der Waals surface area (Å²) in [6.45, 7) is 1.83. The van der Waals surface area contributed by atoms with Crippen LogP contribution >= 0.6 is 23.4 Å². The zero-order valence-electron chi connectivity index (χ0n) is 11.3. The van der Waals surface area contributed by atoms with Crippen molar-refractivity contribution in [1.82, 2.24) is 0 Å². The first kappa shape index (κ1) is 15.4. The lowest BCUT2D eigenvalue weighted by atomic mass is 10.2. The number of hydrogen-bond donors (Lipinski definition) is 1. The lowest BCUT2D eigenvalue weighted by molar-refractivity contribution is -0.115. The maximum absolute atomic E-state index is 12.1.